The Morgan fingerprint density at radius 2 is 1.77 bits per heavy atom. The van der Waals surface area contributed by atoms with Crippen molar-refractivity contribution in [3.8, 4) is 0 Å². The van der Waals surface area contributed by atoms with Gasteiger partial charge in [0.05, 0.1) is 11.4 Å². The van der Waals surface area contributed by atoms with Gasteiger partial charge in [-0.3, -0.25) is 4.55 Å². The summed E-state index contributed by atoms with van der Waals surface area (Å²) in [6.07, 6.45) is 1.84. The summed E-state index contributed by atoms with van der Waals surface area (Å²) in [6.45, 7) is 3.39. The maximum absolute atomic E-state index is 10.6. The standard InChI is InChI=1S/C8H18O4S/c1-3-4-8(9)6-5-7(2)13(10,11)12/h7-9H,3-6H2,1-2H3,(H,10,11,12). The molecule has 5 heteroatoms. The lowest BCUT2D eigenvalue weighted by Gasteiger charge is -2.11. The van der Waals surface area contributed by atoms with Crippen LogP contribution in [-0.4, -0.2) is 29.4 Å². The molecule has 0 radical (unpaired) electrons. The van der Waals surface area contributed by atoms with Gasteiger partial charge >= 0.3 is 0 Å². The van der Waals surface area contributed by atoms with E-state index in [2.05, 4.69) is 0 Å². The Morgan fingerprint density at radius 1 is 1.23 bits per heavy atom. The van der Waals surface area contributed by atoms with E-state index in [0.717, 1.165) is 6.42 Å². The summed E-state index contributed by atoms with van der Waals surface area (Å²) in [6, 6.07) is 0. The Labute approximate surface area is 79.7 Å². The van der Waals surface area contributed by atoms with Crippen LogP contribution in [0.2, 0.25) is 0 Å². The highest BCUT2D eigenvalue weighted by atomic mass is 32.2. The van der Waals surface area contributed by atoms with E-state index >= 15 is 0 Å². The topological polar surface area (TPSA) is 74.6 Å². The first kappa shape index (κ1) is 12.9. The van der Waals surface area contributed by atoms with Gasteiger partial charge in [0.2, 0.25) is 0 Å². The van der Waals surface area contributed by atoms with Crippen molar-refractivity contribution >= 4 is 10.1 Å². The molecule has 0 saturated carbocycles. The Balaban J connectivity index is 3.77. The van der Waals surface area contributed by atoms with Crippen LogP contribution >= 0.6 is 0 Å². The molecule has 0 rings (SSSR count). The monoisotopic (exact) mass is 210 g/mol. The average Bonchev–Trinajstić information content (AvgIpc) is 1.99. The molecule has 13 heavy (non-hydrogen) atoms. The summed E-state index contributed by atoms with van der Waals surface area (Å²) in [5, 5.41) is 8.51. The Morgan fingerprint density at radius 3 is 2.15 bits per heavy atom. The molecule has 0 aliphatic rings. The van der Waals surface area contributed by atoms with Crippen LogP contribution in [-0.2, 0) is 10.1 Å². The molecular weight excluding hydrogens is 192 g/mol. The molecule has 0 aromatic heterocycles. The molecule has 0 spiro atoms. The van der Waals surface area contributed by atoms with Crippen LogP contribution in [0, 0.1) is 0 Å². The molecule has 0 fully saturated rings. The van der Waals surface area contributed by atoms with E-state index in [1.54, 1.807) is 0 Å². The van der Waals surface area contributed by atoms with Gasteiger partial charge in [0, 0.05) is 0 Å². The quantitative estimate of drug-likeness (QED) is 0.646. The Hall–Kier alpha value is -0.130. The van der Waals surface area contributed by atoms with E-state index in [-0.39, 0.29) is 0 Å². The highest BCUT2D eigenvalue weighted by Crippen LogP contribution is 2.11. The van der Waals surface area contributed by atoms with E-state index in [4.69, 9.17) is 4.55 Å². The van der Waals surface area contributed by atoms with Gasteiger partial charge in [0.1, 0.15) is 0 Å². The van der Waals surface area contributed by atoms with Gasteiger partial charge in [0.15, 0.2) is 0 Å². The summed E-state index contributed by atoms with van der Waals surface area (Å²) in [5.74, 6) is 0. The first-order valence-electron chi connectivity index (χ1n) is 4.52. The van der Waals surface area contributed by atoms with Gasteiger partial charge in [-0.25, -0.2) is 0 Å². The van der Waals surface area contributed by atoms with E-state index in [9.17, 15) is 13.5 Å². The Kier molecular flexibility index (Phi) is 5.51. The van der Waals surface area contributed by atoms with Crippen LogP contribution in [0.4, 0.5) is 0 Å². The zero-order valence-electron chi connectivity index (χ0n) is 8.10. The Bertz CT molecular complexity index is 222. The van der Waals surface area contributed by atoms with Crippen LogP contribution in [0.5, 0.6) is 0 Å². The van der Waals surface area contributed by atoms with Gasteiger partial charge in [-0.1, -0.05) is 13.3 Å². The molecule has 0 aliphatic carbocycles. The third-order valence-electron chi connectivity index (χ3n) is 2.04. The minimum Gasteiger partial charge on any atom is -0.393 e. The average molecular weight is 210 g/mol. The molecule has 2 N–H and O–H groups in total. The fourth-order valence-electron chi connectivity index (χ4n) is 1.05. The first-order valence-corrected chi connectivity index (χ1v) is 6.02. The van der Waals surface area contributed by atoms with Crippen LogP contribution in [0.15, 0.2) is 0 Å². The highest BCUT2D eigenvalue weighted by Gasteiger charge is 2.17. The summed E-state index contributed by atoms with van der Waals surface area (Å²) < 4.78 is 29.8. The zero-order chi connectivity index (χ0) is 10.5. The maximum atomic E-state index is 10.6. The van der Waals surface area contributed by atoms with Crippen LogP contribution in [0.1, 0.15) is 39.5 Å². The van der Waals surface area contributed by atoms with Crippen molar-refractivity contribution in [1.29, 1.82) is 0 Å². The molecule has 0 saturated heterocycles. The number of aliphatic hydroxyl groups is 1. The lowest BCUT2D eigenvalue weighted by atomic mass is 10.1. The maximum Gasteiger partial charge on any atom is 0.267 e. The molecule has 80 valence electrons. The molecule has 4 nitrogen and oxygen atoms in total. The second-order valence-electron chi connectivity index (χ2n) is 3.35. The summed E-state index contributed by atoms with van der Waals surface area (Å²) in [7, 11) is -3.92. The van der Waals surface area contributed by atoms with Crippen molar-refractivity contribution in [2.75, 3.05) is 0 Å². The van der Waals surface area contributed by atoms with Crippen molar-refractivity contribution in [2.24, 2.45) is 0 Å². The summed E-state index contributed by atoms with van der Waals surface area (Å²) in [4.78, 5) is 0. The highest BCUT2D eigenvalue weighted by molar-refractivity contribution is 7.86. The summed E-state index contributed by atoms with van der Waals surface area (Å²) >= 11 is 0. The van der Waals surface area contributed by atoms with Crippen molar-refractivity contribution in [3.05, 3.63) is 0 Å². The minimum atomic E-state index is -3.92. The molecule has 0 amide bonds. The van der Waals surface area contributed by atoms with E-state index < -0.39 is 21.5 Å². The molecule has 0 aliphatic heterocycles. The third kappa shape index (κ3) is 6.01. The van der Waals surface area contributed by atoms with Gasteiger partial charge < -0.3 is 5.11 Å². The van der Waals surface area contributed by atoms with Crippen LogP contribution in [0.25, 0.3) is 0 Å². The first-order chi connectivity index (χ1) is 5.88. The second kappa shape index (κ2) is 5.57. The lowest BCUT2D eigenvalue weighted by Crippen LogP contribution is -2.19. The van der Waals surface area contributed by atoms with E-state index in [1.807, 2.05) is 6.92 Å². The molecule has 0 aromatic carbocycles. The number of aliphatic hydroxyl groups excluding tert-OH is 1. The SMILES string of the molecule is CCCC(O)CCC(C)S(=O)(=O)O. The minimum absolute atomic E-state index is 0.306. The van der Waals surface area contributed by atoms with Gasteiger partial charge in [0.25, 0.3) is 10.1 Å². The van der Waals surface area contributed by atoms with Crippen molar-refractivity contribution in [1.82, 2.24) is 0 Å². The molecule has 0 aromatic rings. The van der Waals surface area contributed by atoms with E-state index in [0.29, 0.717) is 19.3 Å². The molecular formula is C8H18O4S. The fourth-order valence-corrected chi connectivity index (χ4v) is 1.49. The molecule has 0 bridgehead atoms. The third-order valence-corrected chi connectivity index (χ3v) is 3.29. The zero-order valence-corrected chi connectivity index (χ0v) is 8.92. The predicted octanol–water partition coefficient (Wildman–Crippen LogP) is 1.20. The van der Waals surface area contributed by atoms with Crippen molar-refractivity contribution < 1.29 is 18.1 Å². The van der Waals surface area contributed by atoms with Crippen molar-refractivity contribution in [2.45, 2.75) is 50.9 Å². The lowest BCUT2D eigenvalue weighted by molar-refractivity contribution is 0.150. The van der Waals surface area contributed by atoms with Crippen LogP contribution in [0.3, 0.4) is 0 Å². The molecule has 2 unspecified atom stereocenters. The molecule has 0 heterocycles. The van der Waals surface area contributed by atoms with Gasteiger partial charge in [-0.15, -0.1) is 0 Å². The summed E-state index contributed by atoms with van der Waals surface area (Å²) in [5.41, 5.74) is 0. The van der Waals surface area contributed by atoms with Crippen LogP contribution < -0.4 is 0 Å². The largest absolute Gasteiger partial charge is 0.393 e. The number of hydrogen-bond donors (Lipinski definition) is 2. The normalized spacial score (nSPS) is 16.9. The van der Waals surface area contributed by atoms with Crippen molar-refractivity contribution in [3.63, 3.8) is 0 Å². The number of hydrogen-bond acceptors (Lipinski definition) is 3. The van der Waals surface area contributed by atoms with Gasteiger partial charge in [-0.2, -0.15) is 8.42 Å². The van der Waals surface area contributed by atoms with Gasteiger partial charge in [-0.05, 0) is 26.2 Å². The second-order valence-corrected chi connectivity index (χ2v) is 5.18. The predicted molar refractivity (Wildman–Crippen MR) is 51.2 cm³/mol. The smallest absolute Gasteiger partial charge is 0.267 e. The fraction of sp³-hybridized carbons (Fsp3) is 1.00. The molecule has 2 atom stereocenters. The number of rotatable bonds is 6. The van der Waals surface area contributed by atoms with E-state index in [1.165, 1.54) is 6.92 Å².